The van der Waals surface area contributed by atoms with Crippen LogP contribution in [0, 0.1) is 13.8 Å². The maximum atomic E-state index is 12.2. The summed E-state index contributed by atoms with van der Waals surface area (Å²) in [5.74, 6) is -1.44. The second kappa shape index (κ2) is 6.05. The molecule has 0 aliphatic rings. The van der Waals surface area contributed by atoms with Crippen molar-refractivity contribution in [2.24, 2.45) is 0 Å². The van der Waals surface area contributed by atoms with Crippen molar-refractivity contribution in [1.29, 1.82) is 0 Å². The quantitative estimate of drug-likeness (QED) is 0.890. The first-order chi connectivity index (χ1) is 9.90. The molecule has 0 aliphatic heterocycles. The first kappa shape index (κ1) is 15.2. The second-order valence-electron chi connectivity index (χ2n) is 4.50. The number of hydrogen-bond acceptors (Lipinski definition) is 3. The van der Waals surface area contributed by atoms with Crippen LogP contribution in [0.5, 0.6) is 0 Å². The van der Waals surface area contributed by atoms with E-state index in [9.17, 15) is 9.59 Å². The molecule has 2 N–H and O–H groups in total. The second-order valence-corrected chi connectivity index (χ2v) is 5.36. The van der Waals surface area contributed by atoms with Crippen LogP contribution in [0.15, 0.2) is 34.8 Å². The Morgan fingerprint density at radius 1 is 1.19 bits per heavy atom. The van der Waals surface area contributed by atoms with Crippen LogP contribution in [0.1, 0.15) is 32.1 Å². The van der Waals surface area contributed by atoms with Crippen LogP contribution < -0.4 is 5.32 Å². The van der Waals surface area contributed by atoms with Crippen LogP contribution in [-0.4, -0.2) is 22.0 Å². The number of hydrogen-bond donors (Lipinski definition) is 2. The number of carbonyl (C=O) groups is 2. The lowest BCUT2D eigenvalue weighted by Crippen LogP contribution is -2.16. The molecular weight excluding hydrogens is 336 g/mol. The number of aromatic carboxylic acids is 1. The van der Waals surface area contributed by atoms with Gasteiger partial charge in [0.25, 0.3) is 5.91 Å². The average molecular weight is 349 g/mol. The number of amides is 1. The molecule has 0 aliphatic carbocycles. The molecule has 0 atom stereocenters. The van der Waals surface area contributed by atoms with Crippen LogP contribution >= 0.6 is 15.9 Å². The van der Waals surface area contributed by atoms with Gasteiger partial charge in [-0.25, -0.2) is 9.78 Å². The lowest BCUT2D eigenvalue weighted by molar-refractivity contribution is 0.0695. The van der Waals surface area contributed by atoms with Crippen LogP contribution in [0.4, 0.5) is 5.69 Å². The number of halogens is 1. The van der Waals surface area contributed by atoms with Gasteiger partial charge in [-0.1, -0.05) is 22.0 Å². The molecule has 2 aromatic rings. The molecule has 5 nitrogen and oxygen atoms in total. The Morgan fingerprint density at radius 2 is 1.90 bits per heavy atom. The van der Waals surface area contributed by atoms with Gasteiger partial charge in [0, 0.05) is 10.2 Å². The van der Waals surface area contributed by atoms with Gasteiger partial charge in [-0.05, 0) is 43.7 Å². The monoisotopic (exact) mass is 348 g/mol. The van der Waals surface area contributed by atoms with E-state index in [1.807, 2.05) is 19.1 Å². The normalized spacial score (nSPS) is 10.2. The number of aryl methyl sites for hydroxylation is 1. The summed E-state index contributed by atoms with van der Waals surface area (Å²) in [5.41, 5.74) is 2.16. The first-order valence-electron chi connectivity index (χ1n) is 6.17. The zero-order chi connectivity index (χ0) is 15.6. The highest BCUT2D eigenvalue weighted by Gasteiger charge is 2.14. The lowest BCUT2D eigenvalue weighted by atomic mass is 10.1. The minimum absolute atomic E-state index is 0.0881. The Hall–Kier alpha value is -2.21. The van der Waals surface area contributed by atoms with Crippen LogP contribution in [-0.2, 0) is 0 Å². The van der Waals surface area contributed by atoms with Crippen molar-refractivity contribution < 1.29 is 14.7 Å². The standard InChI is InChI=1S/C15H13BrN2O3/c1-8-11(16)4-3-5-12(8)18-14(19)13-7-6-10(15(20)21)9(2)17-13/h3-7H,1-2H3,(H,18,19)(H,20,21). The van der Waals surface area contributed by atoms with Crippen molar-refractivity contribution >= 4 is 33.5 Å². The molecule has 1 aromatic carbocycles. The van der Waals surface area contributed by atoms with Crippen molar-refractivity contribution in [3.63, 3.8) is 0 Å². The van der Waals surface area contributed by atoms with Gasteiger partial charge in [-0.15, -0.1) is 0 Å². The van der Waals surface area contributed by atoms with E-state index in [4.69, 9.17) is 5.11 Å². The number of anilines is 1. The molecule has 0 saturated heterocycles. The fourth-order valence-corrected chi connectivity index (χ4v) is 2.21. The number of carboxylic acid groups (broad SMARTS) is 1. The number of nitrogens with zero attached hydrogens (tertiary/aromatic N) is 1. The molecule has 6 heteroatoms. The third kappa shape index (κ3) is 3.28. The highest BCUT2D eigenvalue weighted by molar-refractivity contribution is 9.10. The topological polar surface area (TPSA) is 79.3 Å². The van der Waals surface area contributed by atoms with E-state index in [0.29, 0.717) is 11.4 Å². The van der Waals surface area contributed by atoms with Crippen molar-refractivity contribution in [1.82, 2.24) is 4.98 Å². The van der Waals surface area contributed by atoms with E-state index in [1.165, 1.54) is 12.1 Å². The zero-order valence-electron chi connectivity index (χ0n) is 11.5. The fourth-order valence-electron chi connectivity index (χ4n) is 1.84. The minimum atomic E-state index is -1.06. The smallest absolute Gasteiger partial charge is 0.337 e. The van der Waals surface area contributed by atoms with E-state index in [1.54, 1.807) is 13.0 Å². The lowest BCUT2D eigenvalue weighted by Gasteiger charge is -2.10. The van der Waals surface area contributed by atoms with Gasteiger partial charge in [0.05, 0.1) is 11.3 Å². The SMILES string of the molecule is Cc1nc(C(=O)Nc2cccc(Br)c2C)ccc1C(=O)O. The van der Waals surface area contributed by atoms with Gasteiger partial charge in [0.15, 0.2) is 0 Å². The highest BCUT2D eigenvalue weighted by atomic mass is 79.9. The summed E-state index contributed by atoms with van der Waals surface area (Å²) in [6, 6.07) is 8.27. The van der Waals surface area contributed by atoms with E-state index in [-0.39, 0.29) is 17.2 Å². The minimum Gasteiger partial charge on any atom is -0.478 e. The summed E-state index contributed by atoms with van der Waals surface area (Å²) in [7, 11) is 0. The fraction of sp³-hybridized carbons (Fsp3) is 0.133. The van der Waals surface area contributed by atoms with Crippen molar-refractivity contribution in [3.8, 4) is 0 Å². The Morgan fingerprint density at radius 3 is 2.52 bits per heavy atom. The predicted molar refractivity (Wildman–Crippen MR) is 82.8 cm³/mol. The molecule has 0 radical (unpaired) electrons. The van der Waals surface area contributed by atoms with Gasteiger partial charge in [-0.2, -0.15) is 0 Å². The molecule has 1 heterocycles. The molecular formula is C15H13BrN2O3. The highest BCUT2D eigenvalue weighted by Crippen LogP contribution is 2.23. The molecule has 21 heavy (non-hydrogen) atoms. The van der Waals surface area contributed by atoms with Gasteiger partial charge in [-0.3, -0.25) is 4.79 Å². The number of carboxylic acids is 1. The molecule has 0 unspecified atom stereocenters. The molecule has 0 spiro atoms. The van der Waals surface area contributed by atoms with Crippen LogP contribution in [0.3, 0.4) is 0 Å². The Kier molecular flexibility index (Phi) is 4.37. The van der Waals surface area contributed by atoms with Crippen LogP contribution in [0.25, 0.3) is 0 Å². The van der Waals surface area contributed by atoms with E-state index in [2.05, 4.69) is 26.2 Å². The van der Waals surface area contributed by atoms with Crippen molar-refractivity contribution in [2.45, 2.75) is 13.8 Å². The Balaban J connectivity index is 2.27. The Bertz CT molecular complexity index is 729. The number of benzene rings is 1. The average Bonchev–Trinajstić information content (AvgIpc) is 2.43. The molecule has 0 saturated carbocycles. The van der Waals surface area contributed by atoms with Gasteiger partial charge in [0.2, 0.25) is 0 Å². The summed E-state index contributed by atoms with van der Waals surface area (Å²) in [6.45, 7) is 3.44. The molecule has 2 rings (SSSR count). The van der Waals surface area contributed by atoms with E-state index < -0.39 is 5.97 Å². The van der Waals surface area contributed by atoms with Gasteiger partial charge >= 0.3 is 5.97 Å². The van der Waals surface area contributed by atoms with E-state index >= 15 is 0 Å². The van der Waals surface area contributed by atoms with E-state index in [0.717, 1.165) is 10.0 Å². The molecule has 0 bridgehead atoms. The summed E-state index contributed by atoms with van der Waals surface area (Å²) in [6.07, 6.45) is 0. The maximum absolute atomic E-state index is 12.2. The molecule has 1 amide bonds. The van der Waals surface area contributed by atoms with Crippen molar-refractivity contribution in [2.75, 3.05) is 5.32 Å². The van der Waals surface area contributed by atoms with Gasteiger partial charge in [0.1, 0.15) is 5.69 Å². The third-order valence-corrected chi connectivity index (χ3v) is 3.92. The van der Waals surface area contributed by atoms with Crippen LogP contribution in [0.2, 0.25) is 0 Å². The molecule has 1 aromatic heterocycles. The number of nitrogens with one attached hydrogen (secondary N) is 1. The summed E-state index contributed by atoms with van der Waals surface area (Å²) in [5, 5.41) is 11.7. The molecule has 108 valence electrons. The number of pyridine rings is 1. The maximum Gasteiger partial charge on any atom is 0.337 e. The summed E-state index contributed by atoms with van der Waals surface area (Å²) < 4.78 is 0.894. The predicted octanol–water partition coefficient (Wildman–Crippen LogP) is 3.41. The number of aromatic nitrogens is 1. The first-order valence-corrected chi connectivity index (χ1v) is 6.97. The third-order valence-electron chi connectivity index (χ3n) is 3.06. The van der Waals surface area contributed by atoms with Crippen molar-refractivity contribution in [3.05, 3.63) is 57.3 Å². The molecule has 0 fully saturated rings. The summed E-state index contributed by atoms with van der Waals surface area (Å²) >= 11 is 3.40. The Labute approximate surface area is 130 Å². The summed E-state index contributed by atoms with van der Waals surface area (Å²) in [4.78, 5) is 27.1. The zero-order valence-corrected chi connectivity index (χ0v) is 13.1. The largest absolute Gasteiger partial charge is 0.478 e. The number of carbonyl (C=O) groups excluding carboxylic acids is 1. The number of rotatable bonds is 3. The van der Waals surface area contributed by atoms with Gasteiger partial charge < -0.3 is 10.4 Å².